The number of carboxylic acids is 1. The number of carbonyl (C=O) groups is 2. The Morgan fingerprint density at radius 3 is 2.30 bits per heavy atom. The molecular weight excluding hydrogens is 348 g/mol. The van der Waals surface area contributed by atoms with Gasteiger partial charge in [-0.05, 0) is 22.6 Å². The lowest BCUT2D eigenvalue weighted by Crippen LogP contribution is -2.42. The van der Waals surface area contributed by atoms with Gasteiger partial charge in [0.05, 0.1) is 4.92 Å². The maximum Gasteiger partial charge on any atom is 0.326 e. The van der Waals surface area contributed by atoms with Gasteiger partial charge in [0, 0.05) is 24.1 Å². The molecule has 0 saturated heterocycles. The Labute approximate surface area is 157 Å². The summed E-state index contributed by atoms with van der Waals surface area (Å²) in [6, 6.07) is 11.6. The van der Waals surface area contributed by atoms with E-state index in [0.29, 0.717) is 0 Å². The molecule has 27 heavy (non-hydrogen) atoms. The minimum atomic E-state index is -1.17. The molecule has 1 atom stereocenters. The monoisotopic (exact) mass is 370 g/mol. The van der Waals surface area contributed by atoms with Gasteiger partial charge < -0.3 is 10.4 Å². The summed E-state index contributed by atoms with van der Waals surface area (Å²) in [6.07, 6.45) is 0.112. The molecule has 0 aliphatic rings. The summed E-state index contributed by atoms with van der Waals surface area (Å²) >= 11 is 0. The third-order valence-corrected chi connectivity index (χ3v) is 4.18. The van der Waals surface area contributed by atoms with Crippen LogP contribution in [0.1, 0.15) is 42.3 Å². The molecule has 142 valence electrons. The van der Waals surface area contributed by atoms with Crippen molar-refractivity contribution in [3.8, 4) is 0 Å². The molecule has 2 aromatic carbocycles. The molecule has 2 aromatic rings. The summed E-state index contributed by atoms with van der Waals surface area (Å²) in [4.78, 5) is 34.1. The number of nitro groups is 1. The van der Waals surface area contributed by atoms with E-state index in [0.717, 1.165) is 17.2 Å². The number of hydrogen-bond acceptors (Lipinski definition) is 4. The number of nitrogens with zero attached hydrogens (tertiary/aromatic N) is 1. The quantitative estimate of drug-likeness (QED) is 0.599. The van der Waals surface area contributed by atoms with Crippen LogP contribution < -0.4 is 5.32 Å². The number of amides is 1. The minimum Gasteiger partial charge on any atom is -0.480 e. The molecule has 0 radical (unpaired) electrons. The van der Waals surface area contributed by atoms with Gasteiger partial charge in [0.1, 0.15) is 6.04 Å². The number of rotatable bonds is 6. The minimum absolute atomic E-state index is 0.0129. The summed E-state index contributed by atoms with van der Waals surface area (Å²) < 4.78 is 0. The number of nitrogens with one attached hydrogen (secondary N) is 1. The summed E-state index contributed by atoms with van der Waals surface area (Å²) in [5, 5.41) is 22.7. The zero-order chi connectivity index (χ0) is 20.2. The van der Waals surface area contributed by atoms with E-state index in [2.05, 4.69) is 26.1 Å². The highest BCUT2D eigenvalue weighted by molar-refractivity contribution is 5.97. The third-order valence-electron chi connectivity index (χ3n) is 4.18. The van der Waals surface area contributed by atoms with E-state index >= 15 is 0 Å². The van der Waals surface area contributed by atoms with Crippen molar-refractivity contribution >= 4 is 17.6 Å². The van der Waals surface area contributed by atoms with Gasteiger partial charge in [-0.1, -0.05) is 51.1 Å². The molecule has 2 N–H and O–H groups in total. The SMILES string of the molecule is CC(C)(C)c1ccc(C[C@@H](NC(=O)c2cccc([N+](=O)[O-])c2)C(=O)O)cc1. The highest BCUT2D eigenvalue weighted by atomic mass is 16.6. The number of hydrogen-bond donors (Lipinski definition) is 2. The van der Waals surface area contributed by atoms with Gasteiger partial charge in [0.25, 0.3) is 11.6 Å². The first-order valence-electron chi connectivity index (χ1n) is 8.45. The van der Waals surface area contributed by atoms with Crippen molar-refractivity contribution in [2.24, 2.45) is 0 Å². The summed E-state index contributed by atoms with van der Waals surface area (Å²) in [7, 11) is 0. The molecule has 1 amide bonds. The topological polar surface area (TPSA) is 110 Å². The molecular formula is C20H22N2O5. The first-order valence-corrected chi connectivity index (χ1v) is 8.45. The third kappa shape index (κ3) is 5.37. The molecule has 0 heterocycles. The Kier molecular flexibility index (Phi) is 5.95. The molecule has 0 bridgehead atoms. The fraction of sp³-hybridized carbons (Fsp3) is 0.300. The van der Waals surface area contributed by atoms with E-state index in [-0.39, 0.29) is 23.1 Å². The Bertz CT molecular complexity index is 853. The number of carbonyl (C=O) groups excluding carboxylic acids is 1. The maximum atomic E-state index is 12.3. The zero-order valence-electron chi connectivity index (χ0n) is 15.4. The number of nitro benzene ring substituents is 1. The molecule has 0 unspecified atom stereocenters. The van der Waals surface area contributed by atoms with Gasteiger partial charge in [-0.2, -0.15) is 0 Å². The van der Waals surface area contributed by atoms with Crippen LogP contribution in [-0.2, 0) is 16.6 Å². The van der Waals surface area contributed by atoms with E-state index in [9.17, 15) is 24.8 Å². The normalized spacial score (nSPS) is 12.3. The van der Waals surface area contributed by atoms with Crippen LogP contribution in [0.15, 0.2) is 48.5 Å². The molecule has 0 aliphatic heterocycles. The van der Waals surface area contributed by atoms with E-state index < -0.39 is 22.8 Å². The fourth-order valence-corrected chi connectivity index (χ4v) is 2.58. The van der Waals surface area contributed by atoms with Crippen LogP contribution in [0.4, 0.5) is 5.69 Å². The Morgan fingerprint density at radius 2 is 1.78 bits per heavy atom. The van der Waals surface area contributed by atoms with Gasteiger partial charge >= 0.3 is 5.97 Å². The largest absolute Gasteiger partial charge is 0.480 e. The average Bonchev–Trinajstić information content (AvgIpc) is 2.60. The van der Waals surface area contributed by atoms with Gasteiger partial charge in [0.15, 0.2) is 0 Å². The number of aliphatic carboxylic acids is 1. The van der Waals surface area contributed by atoms with Crippen LogP contribution in [0, 0.1) is 10.1 Å². The van der Waals surface area contributed by atoms with E-state index in [4.69, 9.17) is 0 Å². The van der Waals surface area contributed by atoms with Crippen molar-refractivity contribution in [1.82, 2.24) is 5.32 Å². The van der Waals surface area contributed by atoms with Crippen molar-refractivity contribution in [2.45, 2.75) is 38.6 Å². The predicted octanol–water partition coefficient (Wildman–Crippen LogP) is 3.32. The van der Waals surface area contributed by atoms with Crippen LogP contribution in [0.3, 0.4) is 0 Å². The molecule has 2 rings (SSSR count). The van der Waals surface area contributed by atoms with Crippen molar-refractivity contribution in [2.75, 3.05) is 0 Å². The average molecular weight is 370 g/mol. The number of non-ortho nitro benzene ring substituents is 1. The van der Waals surface area contributed by atoms with Crippen LogP contribution in [-0.4, -0.2) is 27.9 Å². The summed E-state index contributed by atoms with van der Waals surface area (Å²) in [5.41, 5.74) is 1.69. The number of benzene rings is 2. The lowest BCUT2D eigenvalue weighted by Gasteiger charge is -2.20. The summed E-state index contributed by atoms with van der Waals surface area (Å²) in [5.74, 6) is -1.84. The molecule has 0 saturated carbocycles. The first-order chi connectivity index (χ1) is 12.6. The van der Waals surface area contributed by atoms with Crippen molar-refractivity contribution in [3.63, 3.8) is 0 Å². The van der Waals surface area contributed by atoms with Gasteiger partial charge in [-0.25, -0.2) is 4.79 Å². The highest BCUT2D eigenvalue weighted by Crippen LogP contribution is 2.22. The second-order valence-corrected chi connectivity index (χ2v) is 7.32. The predicted molar refractivity (Wildman–Crippen MR) is 101 cm³/mol. The van der Waals surface area contributed by atoms with Gasteiger partial charge in [0.2, 0.25) is 0 Å². The second-order valence-electron chi connectivity index (χ2n) is 7.32. The lowest BCUT2D eigenvalue weighted by molar-refractivity contribution is -0.384. The van der Waals surface area contributed by atoms with Crippen LogP contribution in [0.25, 0.3) is 0 Å². The Balaban J connectivity index is 2.14. The van der Waals surface area contributed by atoms with Crippen LogP contribution >= 0.6 is 0 Å². The standard InChI is InChI=1S/C20H22N2O5/c1-20(2,3)15-9-7-13(8-10-15)11-17(19(24)25)21-18(23)14-5-4-6-16(12-14)22(26)27/h4-10,12,17H,11H2,1-3H3,(H,21,23)(H,24,25)/t17-/m1/s1. The van der Waals surface area contributed by atoms with Crippen molar-refractivity contribution in [3.05, 3.63) is 75.3 Å². The van der Waals surface area contributed by atoms with Gasteiger partial charge in [-0.15, -0.1) is 0 Å². The highest BCUT2D eigenvalue weighted by Gasteiger charge is 2.22. The van der Waals surface area contributed by atoms with Crippen molar-refractivity contribution in [1.29, 1.82) is 0 Å². The van der Waals surface area contributed by atoms with Crippen LogP contribution in [0.5, 0.6) is 0 Å². The lowest BCUT2D eigenvalue weighted by atomic mass is 9.86. The molecule has 0 spiro atoms. The molecule has 0 fully saturated rings. The smallest absolute Gasteiger partial charge is 0.326 e. The van der Waals surface area contributed by atoms with E-state index in [1.54, 1.807) is 0 Å². The molecule has 0 aromatic heterocycles. The number of carboxylic acid groups (broad SMARTS) is 1. The Hall–Kier alpha value is -3.22. The van der Waals surface area contributed by atoms with Crippen molar-refractivity contribution < 1.29 is 19.6 Å². The zero-order valence-corrected chi connectivity index (χ0v) is 15.4. The maximum absolute atomic E-state index is 12.3. The van der Waals surface area contributed by atoms with Gasteiger partial charge in [-0.3, -0.25) is 14.9 Å². The summed E-state index contributed by atoms with van der Waals surface area (Å²) in [6.45, 7) is 6.25. The second kappa shape index (κ2) is 7.99. The molecule has 0 aliphatic carbocycles. The fourth-order valence-electron chi connectivity index (χ4n) is 2.58. The van der Waals surface area contributed by atoms with E-state index in [1.807, 2.05) is 24.3 Å². The Morgan fingerprint density at radius 1 is 1.15 bits per heavy atom. The molecule has 7 nitrogen and oxygen atoms in total. The van der Waals surface area contributed by atoms with E-state index in [1.165, 1.54) is 18.2 Å². The van der Waals surface area contributed by atoms with Crippen LogP contribution in [0.2, 0.25) is 0 Å². The molecule has 7 heteroatoms. The first kappa shape index (κ1) is 20.1.